The van der Waals surface area contributed by atoms with Crippen LogP contribution in [0.4, 0.5) is 0 Å². The molecule has 0 spiro atoms. The smallest absolute Gasteiger partial charge is 0.323 e. The normalized spacial score (nSPS) is 10.0. The molecule has 0 radical (unpaired) electrons. The largest absolute Gasteiger partial charge is 0.435 e. The van der Waals surface area contributed by atoms with Crippen LogP contribution in [0.5, 0.6) is 0 Å². The van der Waals surface area contributed by atoms with Crippen molar-refractivity contribution < 1.29 is 4.79 Å². The summed E-state index contributed by atoms with van der Waals surface area (Å²) in [6.07, 6.45) is 0. The van der Waals surface area contributed by atoms with E-state index in [4.69, 9.17) is 0 Å². The third kappa shape index (κ3) is 2.85. The molecule has 0 aromatic heterocycles. The molecule has 0 saturated carbocycles. The highest BCUT2D eigenvalue weighted by Crippen LogP contribution is 1.97. The van der Waals surface area contributed by atoms with Gasteiger partial charge in [-0.2, -0.15) is 0 Å². The first-order chi connectivity index (χ1) is 8.20. The molecule has 2 aromatic rings. The predicted octanol–water partition coefficient (Wildman–Crippen LogP) is 1.68. The van der Waals surface area contributed by atoms with Crippen LogP contribution in [0.1, 0.15) is 11.1 Å². The molecule has 0 aliphatic heterocycles. The molecule has 0 atom stereocenters. The summed E-state index contributed by atoms with van der Waals surface area (Å²) < 4.78 is 2.38. The molecule has 0 aliphatic carbocycles. The Balaban J connectivity index is 2.36. The number of carbonyl (C=O) groups excluding carboxylic acids is 1. The number of carbonyl (C=O) groups is 1. The molecule has 2 rings (SSSR count). The van der Waals surface area contributed by atoms with E-state index in [2.05, 4.69) is 62.4 Å². The average Bonchev–Trinajstić information content (AvgIpc) is 2.35. The van der Waals surface area contributed by atoms with Crippen LogP contribution in [0.15, 0.2) is 48.5 Å². The Kier molecular flexibility index (Phi) is 3.79. The van der Waals surface area contributed by atoms with Crippen molar-refractivity contribution in [3.05, 3.63) is 59.7 Å². The topological polar surface area (TPSA) is 17.1 Å². The van der Waals surface area contributed by atoms with Crippen molar-refractivity contribution in [3.8, 4) is 0 Å². The van der Waals surface area contributed by atoms with E-state index in [0.29, 0.717) is 0 Å². The van der Waals surface area contributed by atoms with E-state index in [9.17, 15) is 4.79 Å². The zero-order chi connectivity index (χ0) is 12.3. The standard InChI is InChI=1S/2C7H7.CHO.Al/c2*1-7-5-3-2-4-6-7;1-2;/h2*3-6H,1H3;1H;. The minimum absolute atomic E-state index is 1.15. The number of hydrogen-bond donors (Lipinski definition) is 0. The van der Waals surface area contributed by atoms with Crippen molar-refractivity contribution in [2.75, 3.05) is 0 Å². The van der Waals surface area contributed by atoms with Crippen LogP contribution >= 0.6 is 0 Å². The van der Waals surface area contributed by atoms with Gasteiger partial charge in [0.2, 0.25) is 0 Å². The van der Waals surface area contributed by atoms with Gasteiger partial charge in [-0.1, -0.05) is 68.5 Å². The second-order valence-electron chi connectivity index (χ2n) is 4.44. The van der Waals surface area contributed by atoms with Crippen LogP contribution in [0.3, 0.4) is 0 Å². The van der Waals surface area contributed by atoms with Gasteiger partial charge >= 0.3 is 14.1 Å². The fourth-order valence-electron chi connectivity index (χ4n) is 1.90. The average molecular weight is 238 g/mol. The van der Waals surface area contributed by atoms with E-state index < -0.39 is 14.1 Å². The fourth-order valence-corrected chi connectivity index (χ4v) is 3.81. The minimum Gasteiger partial charge on any atom is -0.323 e. The highest BCUT2D eigenvalue weighted by Gasteiger charge is 2.22. The van der Waals surface area contributed by atoms with Crippen LogP contribution < -0.4 is 8.85 Å². The monoisotopic (exact) mass is 238 g/mol. The maximum absolute atomic E-state index is 11.3. The van der Waals surface area contributed by atoms with Gasteiger partial charge in [0.1, 0.15) is 0 Å². The molecule has 1 nitrogen and oxygen atoms in total. The molecule has 0 bridgehead atoms. The molecule has 0 N–H and O–H groups in total. The summed E-state index contributed by atoms with van der Waals surface area (Å²) in [5.74, 6) is 0. The molecule has 0 amide bonds. The Labute approximate surface area is 106 Å². The van der Waals surface area contributed by atoms with Gasteiger partial charge < -0.3 is 4.79 Å². The summed E-state index contributed by atoms with van der Waals surface area (Å²) in [6, 6.07) is 16.6. The van der Waals surface area contributed by atoms with Gasteiger partial charge in [-0.25, -0.2) is 0 Å². The number of benzene rings is 2. The quantitative estimate of drug-likeness (QED) is 0.587. The molecule has 2 aromatic carbocycles. The van der Waals surface area contributed by atoms with Crippen molar-refractivity contribution in [3.63, 3.8) is 0 Å². The van der Waals surface area contributed by atoms with Crippen LogP contribution in [0.25, 0.3) is 0 Å². The lowest BCUT2D eigenvalue weighted by Crippen LogP contribution is -2.43. The van der Waals surface area contributed by atoms with E-state index >= 15 is 0 Å². The molecule has 2 heteroatoms. The summed E-state index contributed by atoms with van der Waals surface area (Å²) in [5.41, 5.74) is 2.47. The van der Waals surface area contributed by atoms with Crippen LogP contribution in [-0.2, 0) is 4.79 Å². The zero-order valence-electron chi connectivity index (χ0n) is 10.2. The van der Waals surface area contributed by atoms with Crippen molar-refractivity contribution in [1.82, 2.24) is 0 Å². The summed E-state index contributed by atoms with van der Waals surface area (Å²) in [5, 5.41) is 1.15. The van der Waals surface area contributed by atoms with Gasteiger partial charge in [0.25, 0.3) is 0 Å². The van der Waals surface area contributed by atoms with E-state index in [1.807, 2.05) is 0 Å². The van der Waals surface area contributed by atoms with Crippen molar-refractivity contribution in [2.24, 2.45) is 0 Å². The first kappa shape index (κ1) is 12.1. The zero-order valence-corrected chi connectivity index (χ0v) is 11.3. The third-order valence-electron chi connectivity index (χ3n) is 3.01. The lowest BCUT2D eigenvalue weighted by molar-refractivity contribution is 0.568. The van der Waals surface area contributed by atoms with E-state index in [0.717, 1.165) is 5.15 Å². The summed E-state index contributed by atoms with van der Waals surface area (Å²) in [7, 11) is 0. The minimum atomic E-state index is -1.65. The Bertz CT molecular complexity index is 454. The van der Waals surface area contributed by atoms with E-state index in [1.54, 1.807) is 0 Å². The predicted molar refractivity (Wildman–Crippen MR) is 74.1 cm³/mol. The Morgan fingerprint density at radius 2 is 1.12 bits per heavy atom. The van der Waals surface area contributed by atoms with E-state index in [1.165, 1.54) is 20.0 Å². The number of hydrogen-bond acceptors (Lipinski definition) is 1. The third-order valence-corrected chi connectivity index (χ3v) is 5.49. The van der Waals surface area contributed by atoms with Crippen LogP contribution in [0, 0.1) is 13.8 Å². The van der Waals surface area contributed by atoms with Gasteiger partial charge in [-0.3, -0.25) is 0 Å². The van der Waals surface area contributed by atoms with Crippen LogP contribution in [-0.4, -0.2) is 19.3 Å². The Morgan fingerprint density at radius 3 is 1.41 bits per heavy atom. The number of rotatable bonds is 3. The first-order valence-electron chi connectivity index (χ1n) is 5.79. The molecule has 0 aliphatic rings. The van der Waals surface area contributed by atoms with Gasteiger partial charge in [-0.05, 0) is 13.8 Å². The van der Waals surface area contributed by atoms with Gasteiger partial charge in [0, 0.05) is 0 Å². The molecule has 84 valence electrons. The lowest BCUT2D eigenvalue weighted by atomic mass is 10.2. The molecule has 17 heavy (non-hydrogen) atoms. The molecule has 0 fully saturated rings. The molecular weight excluding hydrogens is 223 g/mol. The number of aryl methyl sites for hydroxylation is 2. The molecular formula is C15H15AlO. The SMILES string of the molecule is Cc1cc[c]([Al]([CH]=O)[c]2ccc(C)cc2)cc1. The lowest BCUT2D eigenvalue weighted by Gasteiger charge is -2.07. The highest BCUT2D eigenvalue weighted by atomic mass is 27.2. The van der Waals surface area contributed by atoms with Crippen LogP contribution in [0.2, 0.25) is 0 Å². The Hall–Kier alpha value is -1.36. The molecule has 0 saturated heterocycles. The second kappa shape index (κ2) is 5.32. The van der Waals surface area contributed by atoms with Crippen molar-refractivity contribution in [1.29, 1.82) is 0 Å². The maximum atomic E-state index is 11.3. The highest BCUT2D eigenvalue weighted by molar-refractivity contribution is 7.04. The fraction of sp³-hybridized carbons (Fsp3) is 0.133. The summed E-state index contributed by atoms with van der Waals surface area (Å²) >= 11 is -1.65. The molecule has 0 heterocycles. The summed E-state index contributed by atoms with van der Waals surface area (Å²) in [4.78, 5) is 11.3. The Morgan fingerprint density at radius 1 is 0.765 bits per heavy atom. The maximum Gasteiger partial charge on any atom is 0.435 e. The van der Waals surface area contributed by atoms with E-state index in [-0.39, 0.29) is 0 Å². The van der Waals surface area contributed by atoms with Crippen molar-refractivity contribution in [2.45, 2.75) is 13.8 Å². The van der Waals surface area contributed by atoms with Gasteiger partial charge in [-0.15, -0.1) is 0 Å². The first-order valence-corrected chi connectivity index (χ1v) is 7.61. The summed E-state index contributed by atoms with van der Waals surface area (Å²) in [6.45, 7) is 4.13. The molecule has 0 unspecified atom stereocenters. The van der Waals surface area contributed by atoms with Gasteiger partial charge in [0.15, 0.2) is 0 Å². The van der Waals surface area contributed by atoms with Crippen molar-refractivity contribution >= 4 is 28.1 Å². The van der Waals surface area contributed by atoms with Gasteiger partial charge in [0.05, 0.1) is 5.15 Å². The second-order valence-corrected chi connectivity index (χ2v) is 7.00.